The highest BCUT2D eigenvalue weighted by Crippen LogP contribution is 1.91. The summed E-state index contributed by atoms with van der Waals surface area (Å²) in [4.78, 5) is 13.4. The normalized spacial score (nSPS) is 9.86. The molecule has 0 fully saturated rings. The summed E-state index contributed by atoms with van der Waals surface area (Å²) in [5.41, 5.74) is 5.36. The molecule has 0 aromatic carbocycles. The Hall–Kier alpha value is -0.680. The number of rotatable bonds is 7. The fourth-order valence-electron chi connectivity index (χ4n) is 0.960. The van der Waals surface area contributed by atoms with Crippen LogP contribution < -0.4 is 5.73 Å². The molecule has 0 rings (SSSR count). The quantitative estimate of drug-likeness (QED) is 0.501. The molecule has 5 heteroatoms. The number of carbonyl (C=O) groups excluding carboxylic acids is 1. The van der Waals surface area contributed by atoms with Crippen molar-refractivity contribution >= 4 is 23.1 Å². The van der Waals surface area contributed by atoms with E-state index < -0.39 is 0 Å². The molecule has 0 aromatic rings. The molecular weight excluding hydrogens is 200 g/mol. The Morgan fingerprint density at radius 3 is 2.57 bits per heavy atom. The summed E-state index contributed by atoms with van der Waals surface area (Å²) in [6, 6.07) is 0. The third-order valence-corrected chi connectivity index (χ3v) is 1.78. The van der Waals surface area contributed by atoms with Gasteiger partial charge in [-0.3, -0.25) is 4.79 Å². The predicted molar refractivity (Wildman–Crippen MR) is 60.1 cm³/mol. The first kappa shape index (κ1) is 13.3. The minimum atomic E-state index is -0.0613. The molecule has 0 saturated heterocycles. The molecule has 14 heavy (non-hydrogen) atoms. The lowest BCUT2D eigenvalue weighted by Crippen LogP contribution is -2.39. The van der Waals surface area contributed by atoms with Gasteiger partial charge in [0.15, 0.2) is 0 Å². The predicted octanol–water partition coefficient (Wildman–Crippen LogP) is 0.548. The lowest BCUT2D eigenvalue weighted by Gasteiger charge is -2.19. The molecule has 2 N–H and O–H groups in total. The van der Waals surface area contributed by atoms with E-state index in [-0.39, 0.29) is 12.5 Å². The van der Waals surface area contributed by atoms with Crippen molar-refractivity contribution in [3.8, 4) is 0 Å². The molecule has 1 amide bonds. The van der Waals surface area contributed by atoms with Crippen LogP contribution in [0, 0.1) is 0 Å². The van der Waals surface area contributed by atoms with E-state index in [2.05, 4.69) is 0 Å². The van der Waals surface area contributed by atoms with E-state index in [1.165, 1.54) is 0 Å². The largest absolute Gasteiger partial charge is 0.392 e. The third-order valence-electron chi connectivity index (χ3n) is 1.66. The van der Waals surface area contributed by atoms with Crippen molar-refractivity contribution in [1.29, 1.82) is 0 Å². The second kappa shape index (κ2) is 7.70. The summed E-state index contributed by atoms with van der Waals surface area (Å²) in [5, 5.41) is 0. The van der Waals surface area contributed by atoms with Gasteiger partial charge < -0.3 is 15.4 Å². The highest BCUT2D eigenvalue weighted by molar-refractivity contribution is 7.80. The van der Waals surface area contributed by atoms with E-state index in [0.29, 0.717) is 24.7 Å². The molecule has 0 spiro atoms. The number of hydrogen-bond donors (Lipinski definition) is 1. The zero-order valence-corrected chi connectivity index (χ0v) is 9.60. The van der Waals surface area contributed by atoms with Crippen LogP contribution in [0.4, 0.5) is 0 Å². The summed E-state index contributed by atoms with van der Waals surface area (Å²) in [6.45, 7) is 5.54. The number of amides is 1. The molecule has 0 saturated carbocycles. The summed E-state index contributed by atoms with van der Waals surface area (Å²) in [7, 11) is 0. The van der Waals surface area contributed by atoms with Crippen LogP contribution in [0.2, 0.25) is 0 Å². The lowest BCUT2D eigenvalue weighted by molar-refractivity contribution is -0.135. The third kappa shape index (κ3) is 5.88. The number of ether oxygens (including phenoxy) is 1. The van der Waals surface area contributed by atoms with E-state index in [1.54, 1.807) is 4.90 Å². The smallest absolute Gasteiger partial charge is 0.248 e. The molecular formula is C9H18N2O2S. The molecule has 0 atom stereocenters. The molecule has 0 heterocycles. The second-order valence-electron chi connectivity index (χ2n) is 2.93. The van der Waals surface area contributed by atoms with E-state index in [9.17, 15) is 4.79 Å². The Balaban J connectivity index is 3.85. The fraction of sp³-hybridized carbons (Fsp3) is 0.778. The zero-order chi connectivity index (χ0) is 11.0. The first-order chi connectivity index (χ1) is 6.61. The summed E-state index contributed by atoms with van der Waals surface area (Å²) >= 11 is 4.74. The maximum absolute atomic E-state index is 11.5. The number of hydrogen-bond acceptors (Lipinski definition) is 3. The molecule has 0 bridgehead atoms. The van der Waals surface area contributed by atoms with Gasteiger partial charge in [0.05, 0.1) is 11.5 Å². The SMILES string of the molecule is CCCOCC(=O)N(CC)CC(N)=S. The van der Waals surface area contributed by atoms with Gasteiger partial charge in [0, 0.05) is 13.2 Å². The zero-order valence-electron chi connectivity index (χ0n) is 8.78. The molecule has 4 nitrogen and oxygen atoms in total. The molecule has 0 radical (unpaired) electrons. The second-order valence-corrected chi connectivity index (χ2v) is 3.45. The van der Waals surface area contributed by atoms with Crippen LogP contribution >= 0.6 is 12.2 Å². The van der Waals surface area contributed by atoms with E-state index >= 15 is 0 Å². The van der Waals surface area contributed by atoms with E-state index in [1.807, 2.05) is 13.8 Å². The van der Waals surface area contributed by atoms with Crippen LogP contribution in [0.25, 0.3) is 0 Å². The number of likely N-dealkylation sites (N-methyl/N-ethyl adjacent to an activating group) is 1. The van der Waals surface area contributed by atoms with Crippen molar-refractivity contribution in [3.05, 3.63) is 0 Å². The highest BCUT2D eigenvalue weighted by Gasteiger charge is 2.11. The van der Waals surface area contributed by atoms with Crippen molar-refractivity contribution < 1.29 is 9.53 Å². The van der Waals surface area contributed by atoms with E-state index in [4.69, 9.17) is 22.7 Å². The van der Waals surface area contributed by atoms with E-state index in [0.717, 1.165) is 6.42 Å². The maximum atomic E-state index is 11.5. The first-order valence-corrected chi connectivity index (χ1v) is 5.16. The highest BCUT2D eigenvalue weighted by atomic mass is 32.1. The first-order valence-electron chi connectivity index (χ1n) is 4.75. The fourth-order valence-corrected chi connectivity index (χ4v) is 1.12. The van der Waals surface area contributed by atoms with Crippen LogP contribution in [-0.4, -0.2) is 42.1 Å². The molecule has 0 aliphatic rings. The van der Waals surface area contributed by atoms with Crippen molar-refractivity contribution in [1.82, 2.24) is 4.90 Å². The van der Waals surface area contributed by atoms with Crippen molar-refractivity contribution in [2.24, 2.45) is 5.73 Å². The Kier molecular flexibility index (Phi) is 7.32. The van der Waals surface area contributed by atoms with Gasteiger partial charge in [-0.05, 0) is 13.3 Å². The number of nitrogens with two attached hydrogens (primary N) is 1. The van der Waals surface area contributed by atoms with Gasteiger partial charge in [0.25, 0.3) is 0 Å². The lowest BCUT2D eigenvalue weighted by atomic mass is 10.4. The average Bonchev–Trinajstić information content (AvgIpc) is 2.14. The molecule has 82 valence electrons. The Labute approximate surface area is 90.4 Å². The van der Waals surface area contributed by atoms with Crippen molar-refractivity contribution in [2.45, 2.75) is 20.3 Å². The Morgan fingerprint density at radius 1 is 1.50 bits per heavy atom. The number of nitrogens with zero attached hydrogens (tertiary/aromatic N) is 1. The minimum Gasteiger partial charge on any atom is -0.392 e. The van der Waals surface area contributed by atoms with Gasteiger partial charge >= 0.3 is 0 Å². The number of thiocarbonyl (C=S) groups is 1. The van der Waals surface area contributed by atoms with Crippen LogP contribution in [-0.2, 0) is 9.53 Å². The summed E-state index contributed by atoms with van der Waals surface area (Å²) in [5.74, 6) is -0.0613. The number of carbonyl (C=O) groups is 1. The minimum absolute atomic E-state index is 0.0613. The van der Waals surface area contributed by atoms with Gasteiger partial charge in [0.2, 0.25) is 5.91 Å². The molecule has 0 aromatic heterocycles. The molecule has 0 aliphatic heterocycles. The summed E-state index contributed by atoms with van der Waals surface area (Å²) in [6.07, 6.45) is 0.911. The molecule has 0 aliphatic carbocycles. The van der Waals surface area contributed by atoms with Gasteiger partial charge in [0.1, 0.15) is 6.61 Å². The van der Waals surface area contributed by atoms with Crippen LogP contribution in [0.1, 0.15) is 20.3 Å². The van der Waals surface area contributed by atoms with Gasteiger partial charge in [-0.2, -0.15) is 0 Å². The van der Waals surface area contributed by atoms with Crippen LogP contribution in [0.5, 0.6) is 0 Å². The Morgan fingerprint density at radius 2 is 2.14 bits per heavy atom. The van der Waals surface area contributed by atoms with Crippen LogP contribution in [0.15, 0.2) is 0 Å². The van der Waals surface area contributed by atoms with Gasteiger partial charge in [-0.15, -0.1) is 0 Å². The standard InChI is InChI=1S/C9H18N2O2S/c1-3-5-13-7-9(12)11(4-2)6-8(10)14/h3-7H2,1-2H3,(H2,10,14). The summed E-state index contributed by atoms with van der Waals surface area (Å²) < 4.78 is 5.13. The Bertz CT molecular complexity index is 197. The van der Waals surface area contributed by atoms with Gasteiger partial charge in [-0.1, -0.05) is 19.1 Å². The topological polar surface area (TPSA) is 55.6 Å². The average molecular weight is 218 g/mol. The van der Waals surface area contributed by atoms with Crippen molar-refractivity contribution in [3.63, 3.8) is 0 Å². The maximum Gasteiger partial charge on any atom is 0.248 e. The van der Waals surface area contributed by atoms with Crippen molar-refractivity contribution in [2.75, 3.05) is 26.3 Å². The van der Waals surface area contributed by atoms with Gasteiger partial charge in [-0.25, -0.2) is 0 Å². The molecule has 0 unspecified atom stereocenters. The van der Waals surface area contributed by atoms with Crippen LogP contribution in [0.3, 0.4) is 0 Å². The monoisotopic (exact) mass is 218 g/mol.